The molecule has 0 aliphatic carbocycles. The van der Waals surface area contributed by atoms with Crippen molar-refractivity contribution in [1.82, 2.24) is 9.88 Å². The quantitative estimate of drug-likeness (QED) is 0.573. The Morgan fingerprint density at radius 2 is 1.94 bits per heavy atom. The van der Waals surface area contributed by atoms with Gasteiger partial charge in [0.2, 0.25) is 0 Å². The largest absolute Gasteiger partial charge is 0.501 e. The van der Waals surface area contributed by atoms with Crippen LogP contribution in [0.1, 0.15) is 23.8 Å². The molecular formula is C20H19ClF3N3O5S. The summed E-state index contributed by atoms with van der Waals surface area (Å²) in [5, 5.41) is 21.5. The molecule has 0 saturated heterocycles. The molecule has 2 aromatic rings. The van der Waals surface area contributed by atoms with Gasteiger partial charge in [-0.1, -0.05) is 17.7 Å². The van der Waals surface area contributed by atoms with Gasteiger partial charge >= 0.3 is 11.5 Å². The molecule has 1 aliphatic rings. The number of carbonyl (C=O) groups is 1. The number of anilines is 1. The number of rotatable bonds is 5. The third kappa shape index (κ3) is 5.46. The van der Waals surface area contributed by atoms with E-state index >= 15 is 0 Å². The molecule has 3 N–H and O–H groups in total. The lowest BCUT2D eigenvalue weighted by Gasteiger charge is -2.27. The van der Waals surface area contributed by atoms with Crippen molar-refractivity contribution in [3.8, 4) is 0 Å². The zero-order chi connectivity index (χ0) is 24.4. The predicted molar refractivity (Wildman–Crippen MR) is 114 cm³/mol. The number of halogens is 4. The topological polar surface area (TPSA) is 120 Å². The van der Waals surface area contributed by atoms with E-state index in [1.165, 1.54) is 17.2 Å². The molecule has 2 heterocycles. The second kappa shape index (κ2) is 9.67. The van der Waals surface area contributed by atoms with E-state index < -0.39 is 39.0 Å². The molecule has 0 fully saturated rings. The highest BCUT2D eigenvalue weighted by atomic mass is 35.5. The van der Waals surface area contributed by atoms with Crippen molar-refractivity contribution >= 4 is 38.7 Å². The number of benzene rings is 1. The van der Waals surface area contributed by atoms with Crippen LogP contribution in [0.5, 0.6) is 0 Å². The van der Waals surface area contributed by atoms with Crippen molar-refractivity contribution < 1.29 is 36.6 Å². The Balaban J connectivity index is 1.65. The summed E-state index contributed by atoms with van der Waals surface area (Å²) in [5.41, 5.74) is -3.62. The number of aliphatic hydroxyl groups is 2. The molecule has 3 rings (SSSR count). The average Bonchev–Trinajstić information content (AvgIpc) is 2.78. The fourth-order valence-electron chi connectivity index (χ4n) is 3.10. The fourth-order valence-corrected chi connectivity index (χ4v) is 4.16. The van der Waals surface area contributed by atoms with Gasteiger partial charge in [-0.05, 0) is 42.3 Å². The summed E-state index contributed by atoms with van der Waals surface area (Å²) < 4.78 is 60.7. The standard InChI is InChI=1S/C20H19ClF3N3O5S/c21-16-9-13(17(29)11-28)10-25-18(16)12-5-7-27(8-6-12)19(30)26-14-1-3-15(4-2-14)33(31,32)20(22,23)24/h1-5,9-10,17,28-29H,6-8,11H2,(H,26,30). The highest BCUT2D eigenvalue weighted by molar-refractivity contribution is 7.92. The van der Waals surface area contributed by atoms with Crippen molar-refractivity contribution in [2.24, 2.45) is 0 Å². The Morgan fingerprint density at radius 1 is 1.27 bits per heavy atom. The van der Waals surface area contributed by atoms with Gasteiger partial charge in [0.05, 0.1) is 22.2 Å². The van der Waals surface area contributed by atoms with E-state index in [0.29, 0.717) is 24.2 Å². The Labute approximate surface area is 192 Å². The third-order valence-corrected chi connectivity index (χ3v) is 6.73. The molecule has 1 unspecified atom stereocenters. The number of sulfone groups is 1. The van der Waals surface area contributed by atoms with Crippen LogP contribution in [-0.4, -0.2) is 59.8 Å². The number of hydrogen-bond donors (Lipinski definition) is 3. The summed E-state index contributed by atoms with van der Waals surface area (Å²) >= 11 is 6.24. The number of nitrogens with zero attached hydrogens (tertiary/aromatic N) is 2. The van der Waals surface area contributed by atoms with Crippen LogP contribution in [0, 0.1) is 0 Å². The summed E-state index contributed by atoms with van der Waals surface area (Å²) in [6.45, 7) is 0.0446. The lowest BCUT2D eigenvalue weighted by Crippen LogP contribution is -2.38. The monoisotopic (exact) mass is 505 g/mol. The minimum atomic E-state index is -5.46. The van der Waals surface area contributed by atoms with Gasteiger partial charge in [-0.2, -0.15) is 13.2 Å². The van der Waals surface area contributed by atoms with Crippen LogP contribution < -0.4 is 5.32 Å². The van der Waals surface area contributed by atoms with Gasteiger partial charge in [-0.25, -0.2) is 13.2 Å². The molecule has 13 heteroatoms. The van der Waals surface area contributed by atoms with Gasteiger partial charge in [0.25, 0.3) is 9.84 Å². The number of urea groups is 1. The minimum Gasteiger partial charge on any atom is -0.393 e. The number of aromatic nitrogens is 1. The lowest BCUT2D eigenvalue weighted by atomic mass is 10.0. The summed E-state index contributed by atoms with van der Waals surface area (Å²) in [5.74, 6) is 0. The number of hydrogen-bond acceptors (Lipinski definition) is 6. The number of amides is 2. The Bertz CT molecular complexity index is 1170. The third-order valence-electron chi connectivity index (χ3n) is 4.94. The second-order valence-corrected chi connectivity index (χ2v) is 9.47. The van der Waals surface area contributed by atoms with Gasteiger partial charge in [0.1, 0.15) is 6.10 Å². The van der Waals surface area contributed by atoms with E-state index in [9.17, 15) is 31.5 Å². The van der Waals surface area contributed by atoms with Crippen LogP contribution in [0.15, 0.2) is 47.5 Å². The number of pyridine rings is 1. The highest BCUT2D eigenvalue weighted by Gasteiger charge is 2.46. The van der Waals surface area contributed by atoms with Crippen LogP contribution in [0.2, 0.25) is 5.02 Å². The number of aliphatic hydroxyl groups excluding tert-OH is 2. The maximum absolute atomic E-state index is 12.6. The molecular weight excluding hydrogens is 487 g/mol. The van der Waals surface area contributed by atoms with Gasteiger partial charge in [-0.15, -0.1) is 0 Å². The SMILES string of the molecule is O=C(Nc1ccc(S(=O)(=O)C(F)(F)F)cc1)N1CC=C(c2ncc(C(O)CO)cc2Cl)CC1. The van der Waals surface area contributed by atoms with Crippen molar-refractivity contribution in [1.29, 1.82) is 0 Å². The van der Waals surface area contributed by atoms with Crippen molar-refractivity contribution in [2.75, 3.05) is 25.0 Å². The summed E-state index contributed by atoms with van der Waals surface area (Å²) in [7, 11) is -5.46. The summed E-state index contributed by atoms with van der Waals surface area (Å²) in [6, 6.07) is 4.70. The molecule has 8 nitrogen and oxygen atoms in total. The molecule has 1 aromatic heterocycles. The summed E-state index contributed by atoms with van der Waals surface area (Å²) in [4.78, 5) is 17.2. The lowest BCUT2D eigenvalue weighted by molar-refractivity contribution is -0.0436. The number of nitrogens with one attached hydrogen (secondary N) is 1. The number of alkyl halides is 3. The van der Waals surface area contributed by atoms with E-state index in [2.05, 4.69) is 10.3 Å². The first-order valence-electron chi connectivity index (χ1n) is 9.55. The van der Waals surface area contributed by atoms with Crippen molar-refractivity contribution in [2.45, 2.75) is 22.9 Å². The molecule has 0 radical (unpaired) electrons. The first-order chi connectivity index (χ1) is 15.4. The Hall–Kier alpha value is -2.67. The van der Waals surface area contributed by atoms with Crippen LogP contribution >= 0.6 is 11.6 Å². The highest BCUT2D eigenvalue weighted by Crippen LogP contribution is 2.31. The molecule has 1 aromatic carbocycles. The minimum absolute atomic E-state index is 0.138. The maximum Gasteiger partial charge on any atom is 0.501 e. The smallest absolute Gasteiger partial charge is 0.393 e. The first-order valence-corrected chi connectivity index (χ1v) is 11.4. The summed E-state index contributed by atoms with van der Waals surface area (Å²) in [6.07, 6.45) is 2.49. The van der Waals surface area contributed by atoms with Crippen LogP contribution in [0.3, 0.4) is 0 Å². The van der Waals surface area contributed by atoms with E-state index in [4.69, 9.17) is 16.7 Å². The van der Waals surface area contributed by atoms with Crippen LogP contribution in [0.4, 0.5) is 23.7 Å². The van der Waals surface area contributed by atoms with E-state index in [1.807, 2.05) is 0 Å². The Morgan fingerprint density at radius 3 is 2.45 bits per heavy atom. The predicted octanol–water partition coefficient (Wildman–Crippen LogP) is 3.38. The van der Waals surface area contributed by atoms with Crippen LogP contribution in [-0.2, 0) is 9.84 Å². The molecule has 0 spiro atoms. The molecule has 178 valence electrons. The fraction of sp³-hybridized carbons (Fsp3) is 0.300. The molecule has 0 saturated carbocycles. The van der Waals surface area contributed by atoms with Gasteiger partial charge in [0, 0.05) is 30.5 Å². The molecule has 0 bridgehead atoms. The van der Waals surface area contributed by atoms with E-state index in [0.717, 1.165) is 29.8 Å². The van der Waals surface area contributed by atoms with E-state index in [1.54, 1.807) is 6.08 Å². The van der Waals surface area contributed by atoms with E-state index in [-0.39, 0.29) is 17.3 Å². The van der Waals surface area contributed by atoms with Crippen molar-refractivity contribution in [3.05, 3.63) is 58.9 Å². The zero-order valence-electron chi connectivity index (χ0n) is 16.9. The maximum atomic E-state index is 12.6. The average molecular weight is 506 g/mol. The second-order valence-electron chi connectivity index (χ2n) is 7.13. The zero-order valence-corrected chi connectivity index (χ0v) is 18.5. The first kappa shape index (κ1) is 25.0. The molecule has 2 amide bonds. The number of carbonyl (C=O) groups excluding carboxylic acids is 1. The normalized spacial score (nSPS) is 15.7. The molecule has 1 atom stereocenters. The molecule has 33 heavy (non-hydrogen) atoms. The Kier molecular flexibility index (Phi) is 7.32. The van der Waals surface area contributed by atoms with Gasteiger partial charge in [0.15, 0.2) is 0 Å². The van der Waals surface area contributed by atoms with Crippen LogP contribution in [0.25, 0.3) is 5.57 Å². The van der Waals surface area contributed by atoms with Gasteiger partial charge < -0.3 is 20.4 Å². The molecule has 1 aliphatic heterocycles. The van der Waals surface area contributed by atoms with Gasteiger partial charge in [-0.3, -0.25) is 4.98 Å². The van der Waals surface area contributed by atoms with Crippen molar-refractivity contribution in [3.63, 3.8) is 0 Å².